The van der Waals surface area contributed by atoms with Crippen LogP contribution >= 0.6 is 11.3 Å². The number of carbonyl (C=O) groups excluding carboxylic acids is 2. The summed E-state index contributed by atoms with van der Waals surface area (Å²) in [7, 11) is 1.56. The highest BCUT2D eigenvalue weighted by Crippen LogP contribution is 2.21. The molecule has 2 aromatic rings. The van der Waals surface area contributed by atoms with Crippen molar-refractivity contribution in [3.05, 3.63) is 40.2 Å². The smallest absolute Gasteiger partial charge is 0.271 e. The summed E-state index contributed by atoms with van der Waals surface area (Å²) in [6.07, 6.45) is 2.48. The number of rotatable bonds is 6. The minimum absolute atomic E-state index is 0.0488. The quantitative estimate of drug-likeness (QED) is 0.801. The summed E-state index contributed by atoms with van der Waals surface area (Å²) < 4.78 is 0. The second-order valence-electron chi connectivity index (χ2n) is 6.24. The van der Waals surface area contributed by atoms with Gasteiger partial charge in [0, 0.05) is 37.5 Å². The number of nitrogens with zero attached hydrogens (tertiary/aromatic N) is 3. The van der Waals surface area contributed by atoms with Gasteiger partial charge in [-0.2, -0.15) is 0 Å². The Balaban J connectivity index is 1.44. The van der Waals surface area contributed by atoms with Crippen LogP contribution in [0.1, 0.15) is 28.2 Å². The summed E-state index contributed by atoms with van der Waals surface area (Å²) in [4.78, 5) is 27.2. The van der Waals surface area contributed by atoms with Crippen molar-refractivity contribution in [2.45, 2.75) is 19.3 Å². The molecule has 8 heteroatoms. The number of thiophene rings is 1. The maximum absolute atomic E-state index is 12.3. The third-order valence-electron chi connectivity index (χ3n) is 4.55. The topological polar surface area (TPSA) is 87.2 Å². The molecule has 26 heavy (non-hydrogen) atoms. The number of hydrogen-bond acceptors (Lipinski definition) is 6. The van der Waals surface area contributed by atoms with E-state index in [9.17, 15) is 9.59 Å². The molecule has 0 saturated carbocycles. The highest BCUT2D eigenvalue weighted by molar-refractivity contribution is 7.09. The van der Waals surface area contributed by atoms with Gasteiger partial charge in [-0.1, -0.05) is 6.07 Å². The highest BCUT2D eigenvalue weighted by Gasteiger charge is 2.25. The summed E-state index contributed by atoms with van der Waals surface area (Å²) in [5.74, 6) is 0.686. The molecule has 2 aromatic heterocycles. The fraction of sp³-hybridized carbons (Fsp3) is 0.444. The standard InChI is InChI=1S/C18H23N5O2S/c1-19-18(25)15-4-5-16(22-21-15)23-10-7-13(8-11-23)17(24)20-9-6-14-3-2-12-26-14/h2-5,12-13H,6-11H2,1H3,(H,19,25)(H,20,24). The van der Waals surface area contributed by atoms with Crippen LogP contribution in [0.2, 0.25) is 0 Å². The van der Waals surface area contributed by atoms with Gasteiger partial charge in [-0.05, 0) is 42.8 Å². The molecule has 7 nitrogen and oxygen atoms in total. The Hall–Kier alpha value is -2.48. The molecule has 1 aliphatic rings. The first-order valence-corrected chi connectivity index (χ1v) is 9.66. The van der Waals surface area contributed by atoms with Crippen molar-refractivity contribution in [3.8, 4) is 0 Å². The van der Waals surface area contributed by atoms with Crippen LogP contribution in [0.25, 0.3) is 0 Å². The van der Waals surface area contributed by atoms with Crippen LogP contribution in [-0.4, -0.2) is 48.7 Å². The van der Waals surface area contributed by atoms with Gasteiger partial charge in [0.1, 0.15) is 0 Å². The molecular weight excluding hydrogens is 350 g/mol. The number of carbonyl (C=O) groups is 2. The summed E-state index contributed by atoms with van der Waals surface area (Å²) in [5, 5.41) is 15.7. The number of piperidine rings is 1. The summed E-state index contributed by atoms with van der Waals surface area (Å²) in [5.41, 5.74) is 0.302. The first-order chi connectivity index (χ1) is 12.7. The maximum Gasteiger partial charge on any atom is 0.271 e. The highest BCUT2D eigenvalue weighted by atomic mass is 32.1. The molecule has 0 atom stereocenters. The molecule has 1 saturated heterocycles. The number of anilines is 1. The third kappa shape index (κ3) is 4.57. The lowest BCUT2D eigenvalue weighted by atomic mass is 9.96. The van der Waals surface area contributed by atoms with E-state index in [1.54, 1.807) is 30.5 Å². The molecule has 1 aliphatic heterocycles. The molecule has 3 rings (SSSR count). The van der Waals surface area contributed by atoms with E-state index in [0.717, 1.165) is 38.2 Å². The lowest BCUT2D eigenvalue weighted by Crippen LogP contribution is -2.41. The van der Waals surface area contributed by atoms with Crippen molar-refractivity contribution in [1.82, 2.24) is 20.8 Å². The Morgan fingerprint density at radius 2 is 2.04 bits per heavy atom. The van der Waals surface area contributed by atoms with Crippen molar-refractivity contribution in [2.24, 2.45) is 5.92 Å². The Kier molecular flexibility index (Phi) is 6.17. The average molecular weight is 373 g/mol. The van der Waals surface area contributed by atoms with Gasteiger partial charge in [0.15, 0.2) is 11.5 Å². The molecule has 0 aliphatic carbocycles. The van der Waals surface area contributed by atoms with Crippen molar-refractivity contribution in [1.29, 1.82) is 0 Å². The van der Waals surface area contributed by atoms with Crippen LogP contribution in [0.15, 0.2) is 29.6 Å². The van der Waals surface area contributed by atoms with Gasteiger partial charge in [0.05, 0.1) is 0 Å². The van der Waals surface area contributed by atoms with Gasteiger partial charge in [-0.3, -0.25) is 9.59 Å². The number of amides is 2. The van der Waals surface area contributed by atoms with Gasteiger partial charge in [0.2, 0.25) is 5.91 Å². The summed E-state index contributed by atoms with van der Waals surface area (Å²) >= 11 is 1.72. The van der Waals surface area contributed by atoms with Crippen LogP contribution in [0, 0.1) is 5.92 Å². The number of hydrogen-bond donors (Lipinski definition) is 2. The predicted octanol–water partition coefficient (Wildman–Crippen LogP) is 1.47. The molecule has 2 N–H and O–H groups in total. The van der Waals surface area contributed by atoms with E-state index in [2.05, 4.69) is 37.2 Å². The molecule has 1 fully saturated rings. The van der Waals surface area contributed by atoms with E-state index in [4.69, 9.17) is 0 Å². The minimum atomic E-state index is -0.248. The second kappa shape index (κ2) is 8.75. The summed E-state index contributed by atoms with van der Waals surface area (Å²) in [6, 6.07) is 7.59. The maximum atomic E-state index is 12.3. The molecule has 138 valence electrons. The Morgan fingerprint density at radius 3 is 2.65 bits per heavy atom. The Labute approximate surface area is 156 Å². The fourth-order valence-corrected chi connectivity index (χ4v) is 3.73. The SMILES string of the molecule is CNC(=O)c1ccc(N2CCC(C(=O)NCCc3cccs3)CC2)nn1. The number of aromatic nitrogens is 2. The molecule has 2 amide bonds. The zero-order valence-corrected chi connectivity index (χ0v) is 15.6. The van der Waals surface area contributed by atoms with E-state index in [-0.39, 0.29) is 17.7 Å². The van der Waals surface area contributed by atoms with E-state index < -0.39 is 0 Å². The molecule has 0 radical (unpaired) electrons. The summed E-state index contributed by atoms with van der Waals surface area (Å²) in [6.45, 7) is 2.21. The molecule has 0 spiro atoms. The average Bonchev–Trinajstić information content (AvgIpc) is 3.21. The van der Waals surface area contributed by atoms with E-state index in [1.807, 2.05) is 6.07 Å². The molecular formula is C18H23N5O2S. The van der Waals surface area contributed by atoms with Crippen LogP contribution in [-0.2, 0) is 11.2 Å². The van der Waals surface area contributed by atoms with Crippen LogP contribution < -0.4 is 15.5 Å². The molecule has 0 bridgehead atoms. The number of nitrogens with one attached hydrogen (secondary N) is 2. The van der Waals surface area contributed by atoms with Crippen LogP contribution in [0.3, 0.4) is 0 Å². The van der Waals surface area contributed by atoms with Crippen molar-refractivity contribution in [2.75, 3.05) is 31.6 Å². The first-order valence-electron chi connectivity index (χ1n) is 8.78. The fourth-order valence-electron chi connectivity index (χ4n) is 3.02. The van der Waals surface area contributed by atoms with Gasteiger partial charge >= 0.3 is 0 Å². The normalized spacial score (nSPS) is 14.9. The van der Waals surface area contributed by atoms with Crippen LogP contribution in [0.4, 0.5) is 5.82 Å². The van der Waals surface area contributed by atoms with Crippen LogP contribution in [0.5, 0.6) is 0 Å². The molecule has 0 unspecified atom stereocenters. The van der Waals surface area contributed by atoms with E-state index in [1.165, 1.54) is 4.88 Å². The van der Waals surface area contributed by atoms with Crippen molar-refractivity contribution >= 4 is 29.0 Å². The molecule has 3 heterocycles. The Morgan fingerprint density at radius 1 is 1.23 bits per heavy atom. The largest absolute Gasteiger partial charge is 0.355 e. The van der Waals surface area contributed by atoms with E-state index >= 15 is 0 Å². The van der Waals surface area contributed by atoms with Crippen molar-refractivity contribution < 1.29 is 9.59 Å². The van der Waals surface area contributed by atoms with Gasteiger partial charge in [0.25, 0.3) is 5.91 Å². The Bertz CT molecular complexity index is 725. The van der Waals surface area contributed by atoms with Crippen molar-refractivity contribution in [3.63, 3.8) is 0 Å². The zero-order chi connectivity index (χ0) is 18.4. The predicted molar refractivity (Wildman–Crippen MR) is 101 cm³/mol. The first kappa shape index (κ1) is 18.3. The van der Waals surface area contributed by atoms with Gasteiger partial charge in [-0.25, -0.2) is 0 Å². The lowest BCUT2D eigenvalue weighted by Gasteiger charge is -2.31. The zero-order valence-electron chi connectivity index (χ0n) is 14.8. The van der Waals surface area contributed by atoms with E-state index in [0.29, 0.717) is 12.2 Å². The molecule has 0 aromatic carbocycles. The second-order valence-corrected chi connectivity index (χ2v) is 7.27. The monoisotopic (exact) mass is 373 g/mol. The van der Waals surface area contributed by atoms with Gasteiger partial charge < -0.3 is 15.5 Å². The lowest BCUT2D eigenvalue weighted by molar-refractivity contribution is -0.125. The van der Waals surface area contributed by atoms with Gasteiger partial charge in [-0.15, -0.1) is 21.5 Å². The minimum Gasteiger partial charge on any atom is -0.355 e. The third-order valence-corrected chi connectivity index (χ3v) is 5.49.